The van der Waals surface area contributed by atoms with Crippen molar-refractivity contribution in [2.24, 2.45) is 0 Å². The molecule has 1 aliphatic heterocycles. The third-order valence-corrected chi connectivity index (χ3v) is 8.99. The lowest BCUT2D eigenvalue weighted by Crippen LogP contribution is -2.38. The van der Waals surface area contributed by atoms with Crippen molar-refractivity contribution in [2.75, 3.05) is 50.3 Å². The number of benzene rings is 3. The fourth-order valence-electron chi connectivity index (χ4n) is 6.34. The first-order valence-corrected chi connectivity index (χ1v) is 16.6. The van der Waals surface area contributed by atoms with Gasteiger partial charge in [-0.2, -0.15) is 19.6 Å². The van der Waals surface area contributed by atoms with Gasteiger partial charge in [-0.05, 0) is 53.6 Å². The number of aromatic nitrogens is 7. The first-order valence-electron chi connectivity index (χ1n) is 16.6. The van der Waals surface area contributed by atoms with E-state index in [1.807, 2.05) is 59.4 Å². The van der Waals surface area contributed by atoms with Crippen LogP contribution >= 0.6 is 0 Å². The van der Waals surface area contributed by atoms with E-state index in [0.717, 1.165) is 50.6 Å². The number of para-hydroxylation sites is 2. The molecule has 0 radical (unpaired) electrons. The zero-order chi connectivity index (χ0) is 33.9. The van der Waals surface area contributed by atoms with Gasteiger partial charge in [0.25, 0.3) is 0 Å². The third-order valence-electron chi connectivity index (χ3n) is 8.99. The van der Waals surface area contributed by atoms with Crippen LogP contribution in [0.1, 0.15) is 17.0 Å². The number of nitrogens with zero attached hydrogens (tertiary/aromatic N) is 9. The molecule has 252 valence electrons. The highest BCUT2D eigenvalue weighted by atomic mass is 16.5. The number of hydrogen-bond acceptors (Lipinski definition) is 10. The van der Waals surface area contributed by atoms with Gasteiger partial charge in [-0.1, -0.05) is 42.5 Å². The molecule has 0 N–H and O–H groups in total. The summed E-state index contributed by atoms with van der Waals surface area (Å²) in [7, 11) is 3.36. The minimum Gasteiger partial charge on any atom is -0.497 e. The summed E-state index contributed by atoms with van der Waals surface area (Å²) in [6, 6.07) is 28.5. The highest BCUT2D eigenvalue weighted by molar-refractivity contribution is 5.78. The Kier molecular flexibility index (Phi) is 8.66. The minimum absolute atomic E-state index is 0.452. The molecule has 5 heterocycles. The molecule has 0 aliphatic carbocycles. The van der Waals surface area contributed by atoms with Crippen LogP contribution in [0.15, 0.2) is 104 Å². The second kappa shape index (κ2) is 13.8. The average Bonchev–Trinajstić information content (AvgIpc) is 3.77. The summed E-state index contributed by atoms with van der Waals surface area (Å²) in [5, 5.41) is 4.88. The van der Waals surface area contributed by atoms with E-state index in [0.29, 0.717) is 63.5 Å². The number of pyridine rings is 1. The van der Waals surface area contributed by atoms with Crippen molar-refractivity contribution >= 4 is 28.6 Å². The number of ether oxygens (including phenoxy) is 3. The normalized spacial score (nSPS) is 13.2. The average molecular weight is 668 g/mol. The van der Waals surface area contributed by atoms with Gasteiger partial charge < -0.3 is 28.6 Å². The van der Waals surface area contributed by atoms with Crippen molar-refractivity contribution in [3.63, 3.8) is 0 Å². The fraction of sp³-hybridized carbons (Fsp3) is 0.237. The third kappa shape index (κ3) is 6.28. The number of fused-ring (bicyclic) bond motifs is 2. The maximum absolute atomic E-state index is 5.68. The molecular formula is C38H37N9O3. The molecule has 0 unspecified atom stereocenters. The molecule has 12 heteroatoms. The molecule has 12 nitrogen and oxygen atoms in total. The summed E-state index contributed by atoms with van der Waals surface area (Å²) in [6.07, 6.45) is 5.45. The maximum atomic E-state index is 5.68. The Morgan fingerprint density at radius 2 is 1.50 bits per heavy atom. The van der Waals surface area contributed by atoms with Crippen molar-refractivity contribution in [2.45, 2.75) is 19.6 Å². The van der Waals surface area contributed by atoms with Gasteiger partial charge in [-0.25, -0.2) is 4.98 Å². The molecule has 0 atom stereocenters. The van der Waals surface area contributed by atoms with Crippen LogP contribution in [0.25, 0.3) is 27.8 Å². The zero-order valence-electron chi connectivity index (χ0n) is 28.0. The van der Waals surface area contributed by atoms with E-state index < -0.39 is 0 Å². The van der Waals surface area contributed by atoms with E-state index in [1.165, 1.54) is 0 Å². The molecule has 3 aromatic carbocycles. The lowest BCUT2D eigenvalue weighted by molar-refractivity contribution is 0.122. The van der Waals surface area contributed by atoms with Crippen LogP contribution in [-0.2, 0) is 24.4 Å². The number of hydrogen-bond donors (Lipinski definition) is 0. The van der Waals surface area contributed by atoms with Crippen molar-refractivity contribution in [3.8, 4) is 22.6 Å². The van der Waals surface area contributed by atoms with Gasteiger partial charge >= 0.3 is 0 Å². The van der Waals surface area contributed by atoms with Crippen molar-refractivity contribution in [1.29, 1.82) is 0 Å². The van der Waals surface area contributed by atoms with Crippen molar-refractivity contribution in [1.82, 2.24) is 34.1 Å². The van der Waals surface area contributed by atoms with Gasteiger partial charge in [-0.3, -0.25) is 4.98 Å². The van der Waals surface area contributed by atoms with Gasteiger partial charge in [-0.15, -0.1) is 0 Å². The predicted molar refractivity (Wildman–Crippen MR) is 192 cm³/mol. The number of morpholine rings is 1. The van der Waals surface area contributed by atoms with Gasteiger partial charge in [0.1, 0.15) is 17.3 Å². The largest absolute Gasteiger partial charge is 0.497 e. The molecule has 0 bridgehead atoms. The van der Waals surface area contributed by atoms with Crippen LogP contribution < -0.4 is 19.3 Å². The predicted octanol–water partition coefficient (Wildman–Crippen LogP) is 5.64. The summed E-state index contributed by atoms with van der Waals surface area (Å²) in [5.41, 5.74) is 6.74. The number of imidazole rings is 1. The number of rotatable bonds is 11. The Bertz CT molecular complexity index is 2210. The van der Waals surface area contributed by atoms with E-state index in [4.69, 9.17) is 34.3 Å². The minimum atomic E-state index is 0.452. The first-order chi connectivity index (χ1) is 24.7. The lowest BCUT2D eigenvalue weighted by atomic mass is 10.1. The first kappa shape index (κ1) is 31.3. The molecule has 7 aromatic rings. The second-order valence-corrected chi connectivity index (χ2v) is 12.1. The Labute approximate surface area is 289 Å². The van der Waals surface area contributed by atoms with E-state index in [9.17, 15) is 0 Å². The van der Waals surface area contributed by atoms with Gasteiger partial charge in [0.2, 0.25) is 11.9 Å². The molecule has 50 heavy (non-hydrogen) atoms. The smallest absolute Gasteiger partial charge is 0.232 e. The van der Waals surface area contributed by atoms with Crippen LogP contribution in [0.5, 0.6) is 11.5 Å². The van der Waals surface area contributed by atoms with Crippen LogP contribution in [0.3, 0.4) is 0 Å². The standard InChI is InChI=1S/C38H37N9O3/c1-48-30-13-9-27(10-14-30)24-45(26-35-41-33-7-3-4-8-34(33)46(35)25-28-11-15-31(49-2)16-12-28)38-43-37(44-18-20-50-21-19-44)42-36-32(23-40-47(36)38)29-6-5-17-39-22-29/h3-17,22-23H,18-21,24-26H2,1-2H3. The van der Waals surface area contributed by atoms with Gasteiger partial charge in [0.15, 0.2) is 5.65 Å². The fourth-order valence-corrected chi connectivity index (χ4v) is 6.34. The summed E-state index contributed by atoms with van der Waals surface area (Å²) >= 11 is 0. The zero-order valence-corrected chi connectivity index (χ0v) is 28.0. The van der Waals surface area contributed by atoms with E-state index in [2.05, 4.69) is 61.8 Å². The van der Waals surface area contributed by atoms with Crippen LogP contribution in [-0.4, -0.2) is 74.6 Å². The number of methoxy groups -OCH3 is 2. The van der Waals surface area contributed by atoms with Gasteiger partial charge in [0.05, 0.1) is 51.2 Å². The Morgan fingerprint density at radius 1 is 0.760 bits per heavy atom. The van der Waals surface area contributed by atoms with E-state index >= 15 is 0 Å². The quantitative estimate of drug-likeness (QED) is 0.172. The van der Waals surface area contributed by atoms with E-state index in [1.54, 1.807) is 20.4 Å². The Hall–Kier alpha value is -6.01. The molecule has 0 saturated carbocycles. The van der Waals surface area contributed by atoms with Crippen LogP contribution in [0.2, 0.25) is 0 Å². The second-order valence-electron chi connectivity index (χ2n) is 12.1. The monoisotopic (exact) mass is 667 g/mol. The highest BCUT2D eigenvalue weighted by Gasteiger charge is 2.25. The van der Waals surface area contributed by atoms with Crippen molar-refractivity contribution in [3.05, 3.63) is 120 Å². The molecule has 0 spiro atoms. The van der Waals surface area contributed by atoms with Gasteiger partial charge in [0, 0.05) is 49.7 Å². The Balaban J connectivity index is 1.28. The molecule has 4 aromatic heterocycles. The van der Waals surface area contributed by atoms with Crippen LogP contribution in [0.4, 0.5) is 11.9 Å². The van der Waals surface area contributed by atoms with Crippen molar-refractivity contribution < 1.29 is 14.2 Å². The summed E-state index contributed by atoms with van der Waals surface area (Å²) < 4.78 is 20.7. The molecule has 1 aliphatic rings. The van der Waals surface area contributed by atoms with E-state index in [-0.39, 0.29) is 0 Å². The SMILES string of the molecule is COc1ccc(CN(Cc2nc3ccccc3n2Cc2ccc(OC)cc2)c2nc(N3CCOCC3)nc3c(-c4cccnc4)cnn23)cc1. The molecule has 8 rings (SSSR count). The lowest BCUT2D eigenvalue weighted by Gasteiger charge is -2.29. The Morgan fingerprint density at radius 3 is 2.22 bits per heavy atom. The van der Waals surface area contributed by atoms with Crippen LogP contribution in [0, 0.1) is 0 Å². The molecule has 0 amide bonds. The summed E-state index contributed by atoms with van der Waals surface area (Å²) in [5.74, 6) is 3.81. The molecule has 1 saturated heterocycles. The topological polar surface area (TPSA) is 108 Å². The molecule has 1 fully saturated rings. The number of anilines is 2. The summed E-state index contributed by atoms with van der Waals surface area (Å²) in [4.78, 5) is 24.3. The highest BCUT2D eigenvalue weighted by Crippen LogP contribution is 2.30. The maximum Gasteiger partial charge on any atom is 0.232 e. The molecular weight excluding hydrogens is 630 g/mol. The summed E-state index contributed by atoms with van der Waals surface area (Å²) in [6.45, 7) is 4.25.